The highest BCUT2D eigenvalue weighted by Crippen LogP contribution is 2.46. The molecule has 2 aromatic rings. The van der Waals surface area contributed by atoms with Gasteiger partial charge in [-0.25, -0.2) is 13.6 Å². The highest BCUT2D eigenvalue weighted by Gasteiger charge is 2.49. The second kappa shape index (κ2) is 6.33. The van der Waals surface area contributed by atoms with Crippen molar-refractivity contribution in [1.82, 2.24) is 0 Å². The number of sulfonamides is 1. The number of halogens is 2. The summed E-state index contributed by atoms with van der Waals surface area (Å²) in [6, 6.07) is 7.71. The average molecular weight is 415 g/mol. The molecule has 1 amide bonds. The number of carbonyl (C=O) groups is 2. The van der Waals surface area contributed by atoms with Gasteiger partial charge in [0.25, 0.3) is 5.91 Å². The van der Waals surface area contributed by atoms with Crippen LogP contribution in [0.1, 0.15) is 22.3 Å². The molecular weight excluding hydrogens is 403 g/mol. The van der Waals surface area contributed by atoms with E-state index >= 15 is 0 Å². The molecule has 0 bridgehead atoms. The highest BCUT2D eigenvalue weighted by molar-refractivity contribution is 7.89. The summed E-state index contributed by atoms with van der Waals surface area (Å²) in [6.45, 7) is 0. The number of ketones is 1. The minimum absolute atomic E-state index is 0.0335. The number of hydrogen-bond donors (Lipinski definition) is 3. The van der Waals surface area contributed by atoms with Gasteiger partial charge in [0.15, 0.2) is 11.4 Å². The molecule has 4 N–H and O–H groups in total. The van der Waals surface area contributed by atoms with Gasteiger partial charge in [0.05, 0.1) is 22.0 Å². The Hall–Kier alpha value is -1.97. The number of anilines is 1. The second-order valence-corrected chi connectivity index (χ2v) is 8.14. The van der Waals surface area contributed by atoms with Gasteiger partial charge in [-0.2, -0.15) is 0 Å². The molecule has 136 valence electrons. The van der Waals surface area contributed by atoms with E-state index in [-0.39, 0.29) is 31.8 Å². The molecule has 10 heteroatoms. The summed E-state index contributed by atoms with van der Waals surface area (Å²) in [5.74, 6) is -1.41. The lowest BCUT2D eigenvalue weighted by Crippen LogP contribution is -2.36. The Morgan fingerprint density at radius 3 is 2.27 bits per heavy atom. The fourth-order valence-corrected chi connectivity index (χ4v) is 3.78. The maximum absolute atomic E-state index is 12.5. The predicted molar refractivity (Wildman–Crippen MR) is 95.8 cm³/mol. The predicted octanol–water partition coefficient (Wildman–Crippen LogP) is 2.05. The summed E-state index contributed by atoms with van der Waals surface area (Å²) in [5.41, 5.74) is -1.90. The van der Waals surface area contributed by atoms with E-state index in [4.69, 9.17) is 28.3 Å². The van der Waals surface area contributed by atoms with Gasteiger partial charge in [-0.1, -0.05) is 35.3 Å². The molecule has 0 aromatic heterocycles. The van der Waals surface area contributed by atoms with E-state index in [1.807, 2.05) is 0 Å². The van der Waals surface area contributed by atoms with Crippen LogP contribution in [0.5, 0.6) is 0 Å². The van der Waals surface area contributed by atoms with Crippen LogP contribution in [0.25, 0.3) is 0 Å². The molecule has 0 spiro atoms. The van der Waals surface area contributed by atoms with Crippen molar-refractivity contribution in [2.45, 2.75) is 16.9 Å². The van der Waals surface area contributed by atoms with Gasteiger partial charge in [-0.15, -0.1) is 0 Å². The molecule has 3 rings (SSSR count). The first-order valence-corrected chi connectivity index (χ1v) is 9.52. The number of amides is 1. The summed E-state index contributed by atoms with van der Waals surface area (Å²) in [6.07, 6.45) is -0.597. The number of benzene rings is 2. The molecule has 0 saturated heterocycles. The summed E-state index contributed by atoms with van der Waals surface area (Å²) < 4.78 is 22.5. The van der Waals surface area contributed by atoms with Crippen molar-refractivity contribution in [1.29, 1.82) is 0 Å². The van der Waals surface area contributed by atoms with Gasteiger partial charge in [0.2, 0.25) is 10.0 Å². The van der Waals surface area contributed by atoms with Crippen molar-refractivity contribution in [3.8, 4) is 0 Å². The van der Waals surface area contributed by atoms with E-state index in [2.05, 4.69) is 5.32 Å². The smallest absolute Gasteiger partial charge is 0.261 e. The molecule has 0 unspecified atom stereocenters. The lowest BCUT2D eigenvalue weighted by atomic mass is 9.88. The van der Waals surface area contributed by atoms with Crippen LogP contribution < -0.4 is 10.5 Å². The molecule has 0 aliphatic carbocycles. The zero-order valence-corrected chi connectivity index (χ0v) is 15.3. The summed E-state index contributed by atoms with van der Waals surface area (Å²) >= 11 is 12.1. The molecule has 0 fully saturated rings. The van der Waals surface area contributed by atoms with E-state index in [1.54, 1.807) is 0 Å². The number of nitrogens with two attached hydrogens (primary N) is 1. The van der Waals surface area contributed by atoms with Crippen molar-refractivity contribution in [2.75, 3.05) is 5.32 Å². The van der Waals surface area contributed by atoms with Crippen molar-refractivity contribution >= 4 is 50.6 Å². The molecule has 2 aromatic carbocycles. The van der Waals surface area contributed by atoms with Gasteiger partial charge >= 0.3 is 0 Å². The largest absolute Gasteiger partial charge is 0.375 e. The van der Waals surface area contributed by atoms with Crippen molar-refractivity contribution in [2.24, 2.45) is 5.14 Å². The standard InChI is InChI=1S/C16H12Cl2N2O5S/c17-10-5-6-11(18)14-13(10)16(23,15(22)20-14)7-12(21)8-1-3-9(4-2-8)26(19,24)25/h1-6,23H,7H2,(H,20,22)(H2,19,24,25)/t16-/m0/s1. The number of aliphatic hydroxyl groups is 1. The third-order valence-electron chi connectivity index (χ3n) is 4.05. The van der Waals surface area contributed by atoms with Crippen molar-refractivity contribution in [3.05, 3.63) is 57.6 Å². The number of hydrogen-bond acceptors (Lipinski definition) is 5. The van der Waals surface area contributed by atoms with E-state index < -0.39 is 33.7 Å². The highest BCUT2D eigenvalue weighted by atomic mass is 35.5. The first-order chi connectivity index (χ1) is 12.0. The van der Waals surface area contributed by atoms with E-state index in [0.29, 0.717) is 0 Å². The quantitative estimate of drug-likeness (QED) is 0.659. The molecule has 0 saturated carbocycles. The molecule has 1 atom stereocenters. The second-order valence-electron chi connectivity index (χ2n) is 5.76. The first-order valence-electron chi connectivity index (χ1n) is 7.22. The van der Waals surface area contributed by atoms with E-state index in [0.717, 1.165) is 0 Å². The average Bonchev–Trinajstić information content (AvgIpc) is 2.83. The fraction of sp³-hybridized carbons (Fsp3) is 0.125. The minimum atomic E-state index is -3.90. The Kier molecular flexibility index (Phi) is 4.58. The Morgan fingerprint density at radius 1 is 1.12 bits per heavy atom. The van der Waals surface area contributed by atoms with Crippen LogP contribution in [0, 0.1) is 0 Å². The van der Waals surface area contributed by atoms with Gasteiger partial charge in [-0.3, -0.25) is 9.59 Å². The molecule has 7 nitrogen and oxygen atoms in total. The number of rotatable bonds is 4. The van der Waals surface area contributed by atoms with Crippen molar-refractivity contribution < 1.29 is 23.1 Å². The van der Waals surface area contributed by atoms with Crippen LogP contribution in [-0.4, -0.2) is 25.2 Å². The van der Waals surface area contributed by atoms with Crippen LogP contribution >= 0.6 is 23.2 Å². The number of Topliss-reactive ketones (excluding diaryl/α,β-unsaturated/α-hetero) is 1. The van der Waals surface area contributed by atoms with Gasteiger partial charge in [-0.05, 0) is 24.3 Å². The Balaban J connectivity index is 1.95. The summed E-state index contributed by atoms with van der Waals surface area (Å²) in [7, 11) is -3.90. The lowest BCUT2D eigenvalue weighted by molar-refractivity contribution is -0.133. The molecule has 1 heterocycles. The van der Waals surface area contributed by atoms with Crippen molar-refractivity contribution in [3.63, 3.8) is 0 Å². The van der Waals surface area contributed by atoms with Crippen LogP contribution in [0.3, 0.4) is 0 Å². The van der Waals surface area contributed by atoms with Gasteiger partial charge < -0.3 is 10.4 Å². The van der Waals surface area contributed by atoms with Crippen LogP contribution in [-0.2, 0) is 20.4 Å². The first kappa shape index (κ1) is 18.8. The number of carbonyl (C=O) groups excluding carboxylic acids is 2. The Labute approximate surface area is 158 Å². The number of primary sulfonamides is 1. The maximum atomic E-state index is 12.5. The monoisotopic (exact) mass is 414 g/mol. The molecular formula is C16H12Cl2N2O5S. The fourth-order valence-electron chi connectivity index (χ4n) is 2.74. The number of fused-ring (bicyclic) bond motifs is 1. The van der Waals surface area contributed by atoms with Crippen LogP contribution in [0.15, 0.2) is 41.3 Å². The molecule has 26 heavy (non-hydrogen) atoms. The summed E-state index contributed by atoms with van der Waals surface area (Å²) in [5, 5.41) is 18.5. The normalized spacial score (nSPS) is 19.2. The molecule has 1 aliphatic rings. The maximum Gasteiger partial charge on any atom is 0.261 e. The third-order valence-corrected chi connectivity index (χ3v) is 5.61. The van der Waals surface area contributed by atoms with Crippen LogP contribution in [0.4, 0.5) is 5.69 Å². The topological polar surface area (TPSA) is 127 Å². The van der Waals surface area contributed by atoms with E-state index in [9.17, 15) is 23.1 Å². The van der Waals surface area contributed by atoms with Gasteiger partial charge in [0.1, 0.15) is 0 Å². The molecule has 0 radical (unpaired) electrons. The van der Waals surface area contributed by atoms with Crippen LogP contribution in [0.2, 0.25) is 10.0 Å². The third kappa shape index (κ3) is 3.10. The summed E-state index contributed by atoms with van der Waals surface area (Å²) in [4.78, 5) is 24.6. The zero-order chi connectivity index (χ0) is 19.3. The number of nitrogens with one attached hydrogen (secondary N) is 1. The van der Waals surface area contributed by atoms with E-state index in [1.165, 1.54) is 36.4 Å². The SMILES string of the molecule is NS(=O)(=O)c1ccc(C(=O)C[C@@]2(O)C(=O)Nc3c(Cl)ccc(Cl)c32)cc1. The lowest BCUT2D eigenvalue weighted by Gasteiger charge is -2.21. The Morgan fingerprint density at radius 2 is 1.69 bits per heavy atom. The Bertz CT molecular complexity index is 1040. The molecule has 1 aliphatic heterocycles. The van der Waals surface area contributed by atoms with Gasteiger partial charge in [0, 0.05) is 16.1 Å². The zero-order valence-electron chi connectivity index (χ0n) is 13.0. The minimum Gasteiger partial charge on any atom is -0.375 e.